The highest BCUT2D eigenvalue weighted by molar-refractivity contribution is 7.11. The van der Waals surface area contributed by atoms with E-state index in [0.29, 0.717) is 0 Å². The van der Waals surface area contributed by atoms with Gasteiger partial charge in [0, 0.05) is 32.3 Å². The molecule has 96 valence electrons. The highest BCUT2D eigenvalue weighted by Crippen LogP contribution is 2.25. The van der Waals surface area contributed by atoms with Crippen molar-refractivity contribution in [1.29, 1.82) is 0 Å². The van der Waals surface area contributed by atoms with Gasteiger partial charge in [0.25, 0.3) is 0 Å². The van der Waals surface area contributed by atoms with Crippen LogP contribution < -0.4 is 0 Å². The van der Waals surface area contributed by atoms with E-state index in [2.05, 4.69) is 9.88 Å². The van der Waals surface area contributed by atoms with Gasteiger partial charge in [-0.25, -0.2) is 4.98 Å². The molecule has 2 rings (SSSR count). The number of aliphatic hydroxyl groups is 1. The molecule has 0 aliphatic carbocycles. The van der Waals surface area contributed by atoms with Crippen LogP contribution in [0.5, 0.6) is 0 Å². The van der Waals surface area contributed by atoms with Crippen molar-refractivity contribution < 1.29 is 9.84 Å². The number of nitrogens with zero attached hydrogens (tertiary/aromatic N) is 2. The third-order valence-corrected chi connectivity index (χ3v) is 4.27. The van der Waals surface area contributed by atoms with Crippen LogP contribution in [0, 0.1) is 0 Å². The first kappa shape index (κ1) is 13.0. The van der Waals surface area contributed by atoms with Gasteiger partial charge < -0.3 is 9.84 Å². The second-order valence-electron chi connectivity index (χ2n) is 4.88. The zero-order valence-electron chi connectivity index (χ0n) is 10.5. The Labute approximate surface area is 106 Å². The maximum Gasteiger partial charge on any atom is 0.0948 e. The second kappa shape index (κ2) is 5.44. The van der Waals surface area contributed by atoms with Gasteiger partial charge in [-0.1, -0.05) is 0 Å². The first-order valence-electron chi connectivity index (χ1n) is 6.03. The fraction of sp³-hybridized carbons (Fsp3) is 0.750. The molecule has 4 nitrogen and oxygen atoms in total. The van der Waals surface area contributed by atoms with E-state index in [-0.39, 0.29) is 0 Å². The zero-order chi connectivity index (χ0) is 12.3. The Kier molecular flexibility index (Phi) is 4.14. The molecule has 2 heterocycles. The normalized spacial score (nSPS) is 18.5. The molecular formula is C12H20N2O2S. The molecule has 0 spiro atoms. The fourth-order valence-corrected chi connectivity index (χ4v) is 2.69. The Balaban J connectivity index is 1.84. The van der Waals surface area contributed by atoms with Crippen molar-refractivity contribution in [2.45, 2.75) is 25.9 Å². The van der Waals surface area contributed by atoms with Crippen molar-refractivity contribution >= 4 is 11.3 Å². The van der Waals surface area contributed by atoms with Gasteiger partial charge in [-0.05, 0) is 13.8 Å². The van der Waals surface area contributed by atoms with Gasteiger partial charge >= 0.3 is 0 Å². The third-order valence-electron chi connectivity index (χ3n) is 2.90. The van der Waals surface area contributed by atoms with Gasteiger partial charge in [-0.2, -0.15) is 0 Å². The number of hydrogen-bond acceptors (Lipinski definition) is 5. The smallest absolute Gasteiger partial charge is 0.0948 e. The lowest BCUT2D eigenvalue weighted by Gasteiger charge is -2.26. The number of morpholine rings is 1. The lowest BCUT2D eigenvalue weighted by atomic mass is 10.1. The van der Waals surface area contributed by atoms with Gasteiger partial charge in [-0.15, -0.1) is 11.3 Å². The van der Waals surface area contributed by atoms with Crippen LogP contribution in [-0.4, -0.2) is 47.8 Å². The van der Waals surface area contributed by atoms with E-state index in [1.54, 1.807) is 31.4 Å². The maximum atomic E-state index is 9.86. The largest absolute Gasteiger partial charge is 0.385 e. The molecule has 17 heavy (non-hydrogen) atoms. The average Bonchev–Trinajstić information content (AvgIpc) is 2.76. The predicted molar refractivity (Wildman–Crippen MR) is 68.3 cm³/mol. The Morgan fingerprint density at radius 3 is 2.76 bits per heavy atom. The maximum absolute atomic E-state index is 9.86. The SMILES string of the molecule is CC(C)(O)c1cnc(CCN2CCOCC2)s1. The predicted octanol–water partition coefficient (Wildman–Crippen LogP) is 1.25. The molecule has 0 unspecified atom stereocenters. The molecule has 0 amide bonds. The van der Waals surface area contributed by atoms with Gasteiger partial charge in [0.15, 0.2) is 0 Å². The summed E-state index contributed by atoms with van der Waals surface area (Å²) in [6, 6.07) is 0. The number of ether oxygens (including phenoxy) is 1. The van der Waals surface area contributed by atoms with Crippen molar-refractivity contribution in [3.63, 3.8) is 0 Å². The van der Waals surface area contributed by atoms with E-state index in [1.165, 1.54) is 0 Å². The van der Waals surface area contributed by atoms with E-state index in [9.17, 15) is 5.11 Å². The first-order chi connectivity index (χ1) is 8.05. The van der Waals surface area contributed by atoms with Crippen LogP contribution in [0.4, 0.5) is 0 Å². The summed E-state index contributed by atoms with van der Waals surface area (Å²) < 4.78 is 5.31. The monoisotopic (exact) mass is 256 g/mol. The minimum atomic E-state index is -0.769. The number of rotatable bonds is 4. The van der Waals surface area contributed by atoms with Gasteiger partial charge in [-0.3, -0.25) is 4.90 Å². The topological polar surface area (TPSA) is 45.6 Å². The molecule has 1 aromatic rings. The van der Waals surface area contributed by atoms with E-state index in [0.717, 1.165) is 49.2 Å². The summed E-state index contributed by atoms with van der Waals surface area (Å²) in [4.78, 5) is 7.70. The summed E-state index contributed by atoms with van der Waals surface area (Å²) in [7, 11) is 0. The second-order valence-corrected chi connectivity index (χ2v) is 6.00. The quantitative estimate of drug-likeness (QED) is 0.880. The first-order valence-corrected chi connectivity index (χ1v) is 6.85. The Hall–Kier alpha value is -0.490. The molecule has 1 aliphatic heterocycles. The molecule has 0 radical (unpaired) electrons. The average molecular weight is 256 g/mol. The number of hydrogen-bond donors (Lipinski definition) is 1. The molecule has 0 atom stereocenters. The zero-order valence-corrected chi connectivity index (χ0v) is 11.3. The van der Waals surface area contributed by atoms with Crippen molar-refractivity contribution in [1.82, 2.24) is 9.88 Å². The van der Waals surface area contributed by atoms with Crippen molar-refractivity contribution in [3.8, 4) is 0 Å². The van der Waals surface area contributed by atoms with Gasteiger partial charge in [0.2, 0.25) is 0 Å². The van der Waals surface area contributed by atoms with Crippen LogP contribution in [0.25, 0.3) is 0 Å². The molecule has 5 heteroatoms. The molecule has 1 aliphatic rings. The summed E-state index contributed by atoms with van der Waals surface area (Å²) in [5.74, 6) is 0. The Morgan fingerprint density at radius 2 is 2.18 bits per heavy atom. The molecule has 0 aromatic carbocycles. The van der Waals surface area contributed by atoms with Crippen LogP contribution in [0.2, 0.25) is 0 Å². The van der Waals surface area contributed by atoms with E-state index >= 15 is 0 Å². The number of thiazole rings is 1. The molecular weight excluding hydrogens is 236 g/mol. The van der Waals surface area contributed by atoms with Crippen molar-refractivity contribution in [3.05, 3.63) is 16.1 Å². The third kappa shape index (κ3) is 3.74. The van der Waals surface area contributed by atoms with E-state index < -0.39 is 5.60 Å². The van der Waals surface area contributed by atoms with Gasteiger partial charge in [0.05, 0.1) is 28.7 Å². The molecule has 0 saturated carbocycles. The van der Waals surface area contributed by atoms with E-state index in [4.69, 9.17) is 4.74 Å². The van der Waals surface area contributed by atoms with Crippen LogP contribution in [0.3, 0.4) is 0 Å². The van der Waals surface area contributed by atoms with Crippen molar-refractivity contribution in [2.75, 3.05) is 32.8 Å². The van der Waals surface area contributed by atoms with E-state index in [1.807, 2.05) is 0 Å². The Morgan fingerprint density at radius 1 is 1.47 bits per heavy atom. The highest BCUT2D eigenvalue weighted by Gasteiger charge is 2.19. The molecule has 1 fully saturated rings. The van der Waals surface area contributed by atoms with Crippen LogP contribution >= 0.6 is 11.3 Å². The number of aromatic nitrogens is 1. The standard InChI is InChI=1S/C12H20N2O2S/c1-12(2,15)10-9-13-11(17-10)3-4-14-5-7-16-8-6-14/h9,15H,3-8H2,1-2H3. The summed E-state index contributed by atoms with van der Waals surface area (Å²) in [5.41, 5.74) is -0.769. The van der Waals surface area contributed by atoms with Crippen LogP contribution in [0.15, 0.2) is 6.20 Å². The Bertz CT molecular complexity index is 354. The fourth-order valence-electron chi connectivity index (χ4n) is 1.79. The minimum Gasteiger partial charge on any atom is -0.385 e. The molecule has 0 bridgehead atoms. The summed E-state index contributed by atoms with van der Waals surface area (Å²) in [6.45, 7) is 8.34. The highest BCUT2D eigenvalue weighted by atomic mass is 32.1. The minimum absolute atomic E-state index is 0.769. The molecule has 1 N–H and O–H groups in total. The molecule has 1 saturated heterocycles. The van der Waals surface area contributed by atoms with Crippen LogP contribution in [0.1, 0.15) is 23.7 Å². The van der Waals surface area contributed by atoms with Crippen molar-refractivity contribution in [2.24, 2.45) is 0 Å². The van der Waals surface area contributed by atoms with Crippen LogP contribution in [-0.2, 0) is 16.8 Å². The van der Waals surface area contributed by atoms with Gasteiger partial charge in [0.1, 0.15) is 0 Å². The summed E-state index contributed by atoms with van der Waals surface area (Å²) in [6.07, 6.45) is 2.75. The molecule has 1 aromatic heterocycles. The summed E-state index contributed by atoms with van der Waals surface area (Å²) >= 11 is 1.61. The lowest BCUT2D eigenvalue weighted by molar-refractivity contribution is 0.0384. The summed E-state index contributed by atoms with van der Waals surface area (Å²) in [5, 5.41) is 11.0. The lowest BCUT2D eigenvalue weighted by Crippen LogP contribution is -2.37.